The number of rotatable bonds is 5. The van der Waals surface area contributed by atoms with E-state index in [1.54, 1.807) is 6.92 Å². The molecule has 3 N–H and O–H groups in total. The molecule has 0 spiro atoms. The number of carboxylic acid groups (broad SMARTS) is 1. The Morgan fingerprint density at radius 1 is 1.33 bits per heavy atom. The van der Waals surface area contributed by atoms with E-state index in [2.05, 4.69) is 10.6 Å². The van der Waals surface area contributed by atoms with E-state index < -0.39 is 17.4 Å². The maximum atomic E-state index is 11.2. The van der Waals surface area contributed by atoms with Gasteiger partial charge in [0, 0.05) is 6.92 Å². The lowest BCUT2D eigenvalue weighted by Crippen LogP contribution is -2.54. The molecule has 0 aromatic carbocycles. The van der Waals surface area contributed by atoms with Crippen LogP contribution in [-0.2, 0) is 14.4 Å². The van der Waals surface area contributed by atoms with Crippen molar-refractivity contribution in [2.24, 2.45) is 0 Å². The molecule has 0 aromatic rings. The van der Waals surface area contributed by atoms with Crippen LogP contribution in [0.15, 0.2) is 0 Å². The molecule has 86 valence electrons. The second-order valence-electron chi connectivity index (χ2n) is 3.45. The number of hydrogen-bond acceptors (Lipinski definition) is 3. The summed E-state index contributed by atoms with van der Waals surface area (Å²) in [6.07, 6.45) is 0.272. The normalized spacial score (nSPS) is 13.8. The molecule has 0 aromatic heterocycles. The number of hydrogen-bond donors (Lipinski definition) is 3. The third-order valence-corrected chi connectivity index (χ3v) is 2.09. The van der Waals surface area contributed by atoms with Gasteiger partial charge in [-0.3, -0.25) is 9.59 Å². The van der Waals surface area contributed by atoms with E-state index in [1.807, 2.05) is 0 Å². The van der Waals surface area contributed by atoms with Gasteiger partial charge < -0.3 is 15.7 Å². The molecule has 0 bridgehead atoms. The van der Waals surface area contributed by atoms with Crippen LogP contribution in [0, 0.1) is 0 Å². The van der Waals surface area contributed by atoms with Gasteiger partial charge in [0.05, 0.1) is 6.54 Å². The molecule has 0 heterocycles. The molecule has 6 heteroatoms. The molecule has 0 aliphatic rings. The average Bonchev–Trinajstić information content (AvgIpc) is 2.14. The fourth-order valence-electron chi connectivity index (χ4n) is 0.850. The minimum absolute atomic E-state index is 0.210. The van der Waals surface area contributed by atoms with Crippen molar-refractivity contribution in [3.05, 3.63) is 0 Å². The first kappa shape index (κ1) is 13.4. The molecule has 0 aliphatic heterocycles. The molecule has 0 fully saturated rings. The topological polar surface area (TPSA) is 95.5 Å². The van der Waals surface area contributed by atoms with Crippen LogP contribution < -0.4 is 10.6 Å². The first-order valence-corrected chi connectivity index (χ1v) is 4.60. The van der Waals surface area contributed by atoms with Crippen LogP contribution in [0.4, 0.5) is 0 Å². The van der Waals surface area contributed by atoms with E-state index in [4.69, 9.17) is 5.11 Å². The molecule has 1 atom stereocenters. The van der Waals surface area contributed by atoms with Crippen molar-refractivity contribution >= 4 is 17.8 Å². The van der Waals surface area contributed by atoms with E-state index in [-0.39, 0.29) is 18.9 Å². The summed E-state index contributed by atoms with van der Waals surface area (Å²) in [6, 6.07) is 0. The standard InChI is InChI=1S/C9H16N2O4/c1-4-9(3,8(14)15)11-7(13)5-10-6(2)12/h4-5H2,1-3H3,(H,10,12)(H,11,13)(H,14,15). The molecule has 0 saturated carbocycles. The van der Waals surface area contributed by atoms with Crippen LogP contribution in [0.2, 0.25) is 0 Å². The lowest BCUT2D eigenvalue weighted by Gasteiger charge is -2.24. The van der Waals surface area contributed by atoms with Gasteiger partial charge in [0.2, 0.25) is 11.8 Å². The number of carboxylic acids is 1. The summed E-state index contributed by atoms with van der Waals surface area (Å²) in [5.74, 6) is -1.95. The summed E-state index contributed by atoms with van der Waals surface area (Å²) in [5, 5.41) is 13.5. The Kier molecular flexibility index (Phi) is 4.77. The van der Waals surface area contributed by atoms with Gasteiger partial charge in [-0.1, -0.05) is 6.92 Å². The Balaban J connectivity index is 4.25. The average molecular weight is 216 g/mol. The quantitative estimate of drug-likeness (QED) is 0.577. The highest BCUT2D eigenvalue weighted by atomic mass is 16.4. The number of amides is 2. The minimum atomic E-state index is -1.28. The Morgan fingerprint density at radius 2 is 1.87 bits per heavy atom. The molecule has 0 aliphatic carbocycles. The first-order valence-electron chi connectivity index (χ1n) is 4.60. The van der Waals surface area contributed by atoms with Crippen LogP contribution >= 0.6 is 0 Å². The van der Waals surface area contributed by atoms with E-state index >= 15 is 0 Å². The minimum Gasteiger partial charge on any atom is -0.480 e. The zero-order valence-corrected chi connectivity index (χ0v) is 9.09. The molecule has 2 amide bonds. The zero-order chi connectivity index (χ0) is 12.1. The van der Waals surface area contributed by atoms with Crippen molar-refractivity contribution < 1.29 is 19.5 Å². The number of nitrogens with one attached hydrogen (secondary N) is 2. The lowest BCUT2D eigenvalue weighted by molar-refractivity contribution is -0.146. The van der Waals surface area contributed by atoms with Crippen LogP contribution in [0.3, 0.4) is 0 Å². The highest BCUT2D eigenvalue weighted by Crippen LogP contribution is 2.08. The Bertz CT molecular complexity index is 277. The Morgan fingerprint density at radius 3 is 2.20 bits per heavy atom. The van der Waals surface area contributed by atoms with Crippen molar-refractivity contribution in [1.82, 2.24) is 10.6 Å². The summed E-state index contributed by atoms with van der Waals surface area (Å²) in [4.78, 5) is 32.6. The molecule has 6 nitrogen and oxygen atoms in total. The van der Waals surface area contributed by atoms with Gasteiger partial charge in [0.15, 0.2) is 0 Å². The van der Waals surface area contributed by atoms with Crippen molar-refractivity contribution in [1.29, 1.82) is 0 Å². The van der Waals surface area contributed by atoms with Crippen molar-refractivity contribution in [3.63, 3.8) is 0 Å². The van der Waals surface area contributed by atoms with Crippen molar-refractivity contribution in [2.75, 3.05) is 6.54 Å². The summed E-state index contributed by atoms with van der Waals surface area (Å²) in [6.45, 7) is 4.15. The largest absolute Gasteiger partial charge is 0.480 e. The maximum absolute atomic E-state index is 11.2. The molecule has 15 heavy (non-hydrogen) atoms. The van der Waals surface area contributed by atoms with Gasteiger partial charge in [0.25, 0.3) is 0 Å². The Hall–Kier alpha value is -1.59. The summed E-state index contributed by atoms with van der Waals surface area (Å²) < 4.78 is 0. The molecule has 0 saturated heterocycles. The predicted molar refractivity (Wildman–Crippen MR) is 53.2 cm³/mol. The van der Waals surface area contributed by atoms with E-state index in [0.717, 1.165) is 0 Å². The van der Waals surface area contributed by atoms with Gasteiger partial charge in [-0.25, -0.2) is 4.79 Å². The summed E-state index contributed by atoms with van der Waals surface area (Å²) in [7, 11) is 0. The predicted octanol–water partition coefficient (Wildman–Crippen LogP) is -0.508. The summed E-state index contributed by atoms with van der Waals surface area (Å²) >= 11 is 0. The van der Waals surface area contributed by atoms with Gasteiger partial charge in [-0.05, 0) is 13.3 Å². The van der Waals surface area contributed by atoms with E-state index in [9.17, 15) is 14.4 Å². The van der Waals surface area contributed by atoms with Crippen LogP contribution in [0.5, 0.6) is 0 Å². The number of aliphatic carboxylic acids is 1. The highest BCUT2D eigenvalue weighted by molar-refractivity contribution is 5.89. The maximum Gasteiger partial charge on any atom is 0.329 e. The van der Waals surface area contributed by atoms with Crippen molar-refractivity contribution in [2.45, 2.75) is 32.7 Å². The van der Waals surface area contributed by atoms with Gasteiger partial charge in [-0.15, -0.1) is 0 Å². The van der Waals surface area contributed by atoms with Crippen LogP contribution in [-0.4, -0.2) is 35.0 Å². The summed E-state index contributed by atoms with van der Waals surface area (Å²) in [5.41, 5.74) is -1.28. The van der Waals surface area contributed by atoms with Crippen LogP contribution in [0.1, 0.15) is 27.2 Å². The third kappa shape index (κ3) is 4.44. The van der Waals surface area contributed by atoms with Gasteiger partial charge in [0.1, 0.15) is 5.54 Å². The fourth-order valence-corrected chi connectivity index (χ4v) is 0.850. The fraction of sp³-hybridized carbons (Fsp3) is 0.667. The zero-order valence-electron chi connectivity index (χ0n) is 9.09. The number of carbonyl (C=O) groups is 3. The van der Waals surface area contributed by atoms with Gasteiger partial charge in [-0.2, -0.15) is 0 Å². The lowest BCUT2D eigenvalue weighted by atomic mass is 9.99. The molecular weight excluding hydrogens is 200 g/mol. The van der Waals surface area contributed by atoms with Gasteiger partial charge >= 0.3 is 5.97 Å². The molecular formula is C9H16N2O4. The SMILES string of the molecule is CCC(C)(NC(=O)CNC(C)=O)C(=O)O. The molecule has 0 rings (SSSR count). The Labute approximate surface area is 88.0 Å². The number of carbonyl (C=O) groups excluding carboxylic acids is 2. The second-order valence-corrected chi connectivity index (χ2v) is 3.45. The van der Waals surface area contributed by atoms with E-state index in [0.29, 0.717) is 0 Å². The van der Waals surface area contributed by atoms with Crippen molar-refractivity contribution in [3.8, 4) is 0 Å². The first-order chi connectivity index (χ1) is 6.81. The third-order valence-electron chi connectivity index (χ3n) is 2.09. The molecule has 1 unspecified atom stereocenters. The highest BCUT2D eigenvalue weighted by Gasteiger charge is 2.32. The molecule has 0 radical (unpaired) electrons. The second kappa shape index (κ2) is 5.33. The smallest absolute Gasteiger partial charge is 0.329 e. The monoisotopic (exact) mass is 216 g/mol. The van der Waals surface area contributed by atoms with E-state index in [1.165, 1.54) is 13.8 Å². The van der Waals surface area contributed by atoms with Crippen LogP contribution in [0.25, 0.3) is 0 Å².